The number of rotatable bonds is 4. The van der Waals surface area contributed by atoms with Gasteiger partial charge in [-0.3, -0.25) is 14.6 Å². The summed E-state index contributed by atoms with van der Waals surface area (Å²) in [5.74, 6) is 1.46. The summed E-state index contributed by atoms with van der Waals surface area (Å²) in [5, 5.41) is 8.34. The van der Waals surface area contributed by atoms with E-state index >= 15 is 0 Å². The van der Waals surface area contributed by atoms with Crippen molar-refractivity contribution in [2.75, 3.05) is 31.2 Å². The lowest BCUT2D eigenvalue weighted by atomic mass is 9.95. The highest BCUT2D eigenvalue weighted by Crippen LogP contribution is 2.35. The molecule has 2 atom stereocenters. The number of fused-ring (bicyclic) bond motifs is 1. The summed E-state index contributed by atoms with van der Waals surface area (Å²) in [5.41, 5.74) is 8.02. The number of aryl methyl sites for hydroxylation is 1. The van der Waals surface area contributed by atoms with Crippen molar-refractivity contribution in [2.45, 2.75) is 12.5 Å². The van der Waals surface area contributed by atoms with Crippen LogP contribution >= 0.6 is 0 Å². The molecule has 0 aromatic carbocycles. The van der Waals surface area contributed by atoms with Crippen molar-refractivity contribution in [3.05, 3.63) is 36.3 Å². The summed E-state index contributed by atoms with van der Waals surface area (Å²) in [6.07, 6.45) is 6.58. The SMILES string of the molecule is CN1CC[C@@H](CNc2nc(N)c3cnn(C)c3n2)[C@@H]1c1cccnc1. The third kappa shape index (κ3) is 2.89. The van der Waals surface area contributed by atoms with Gasteiger partial charge in [-0.05, 0) is 37.6 Å². The second kappa shape index (κ2) is 6.29. The van der Waals surface area contributed by atoms with E-state index in [0.717, 1.165) is 30.5 Å². The minimum absolute atomic E-state index is 0.346. The Morgan fingerprint density at radius 1 is 1.28 bits per heavy atom. The Hall–Kier alpha value is -2.74. The summed E-state index contributed by atoms with van der Waals surface area (Å²) in [6.45, 7) is 1.85. The van der Waals surface area contributed by atoms with Crippen LogP contribution in [0.5, 0.6) is 0 Å². The third-order valence-corrected chi connectivity index (χ3v) is 4.94. The fourth-order valence-corrected chi connectivity index (χ4v) is 3.66. The van der Waals surface area contributed by atoms with E-state index in [1.54, 1.807) is 10.9 Å². The quantitative estimate of drug-likeness (QED) is 0.743. The predicted molar refractivity (Wildman–Crippen MR) is 96.9 cm³/mol. The van der Waals surface area contributed by atoms with Gasteiger partial charge in [-0.25, -0.2) is 0 Å². The number of anilines is 2. The lowest BCUT2D eigenvalue weighted by Gasteiger charge is -2.25. The van der Waals surface area contributed by atoms with Crippen LogP contribution in [0.4, 0.5) is 11.8 Å². The van der Waals surface area contributed by atoms with Crippen molar-refractivity contribution < 1.29 is 0 Å². The summed E-state index contributed by atoms with van der Waals surface area (Å²) in [6, 6.07) is 4.48. The molecule has 25 heavy (non-hydrogen) atoms. The Morgan fingerprint density at radius 2 is 2.16 bits per heavy atom. The normalized spacial score (nSPS) is 21.0. The van der Waals surface area contributed by atoms with Gasteiger partial charge in [-0.1, -0.05) is 6.07 Å². The van der Waals surface area contributed by atoms with Gasteiger partial charge in [0, 0.05) is 32.0 Å². The molecule has 0 unspecified atom stereocenters. The maximum absolute atomic E-state index is 6.03. The molecule has 130 valence electrons. The third-order valence-electron chi connectivity index (χ3n) is 4.94. The fraction of sp³-hybridized carbons (Fsp3) is 0.412. The van der Waals surface area contributed by atoms with E-state index in [4.69, 9.17) is 5.73 Å². The Balaban J connectivity index is 1.53. The Bertz CT molecular complexity index is 875. The molecule has 0 spiro atoms. The Morgan fingerprint density at radius 3 is 2.96 bits per heavy atom. The van der Waals surface area contributed by atoms with E-state index in [9.17, 15) is 0 Å². The van der Waals surface area contributed by atoms with Gasteiger partial charge in [-0.2, -0.15) is 15.1 Å². The molecule has 1 aliphatic rings. The molecular formula is C17H22N8. The van der Waals surface area contributed by atoms with Crippen molar-refractivity contribution in [3.63, 3.8) is 0 Å². The molecule has 8 nitrogen and oxygen atoms in total. The standard InChI is InChI=1S/C17H22N8/c1-24-7-5-12(14(24)11-4-3-6-19-8-11)9-20-17-22-15(18)13-10-21-25(2)16(13)23-17/h3-4,6,8,10,12,14H,5,7,9H2,1-2H3,(H3,18,20,22,23)/t12-,14-/m0/s1. The molecule has 0 radical (unpaired) electrons. The van der Waals surface area contributed by atoms with Crippen LogP contribution in [0.1, 0.15) is 18.0 Å². The molecular weight excluding hydrogens is 316 g/mol. The summed E-state index contributed by atoms with van der Waals surface area (Å²) >= 11 is 0. The van der Waals surface area contributed by atoms with E-state index in [2.05, 4.69) is 43.4 Å². The second-order valence-corrected chi connectivity index (χ2v) is 6.58. The smallest absolute Gasteiger partial charge is 0.226 e. The molecule has 1 fully saturated rings. The van der Waals surface area contributed by atoms with Crippen LogP contribution in [-0.4, -0.2) is 49.8 Å². The van der Waals surface area contributed by atoms with Gasteiger partial charge in [0.15, 0.2) is 5.65 Å². The number of aromatic nitrogens is 5. The molecule has 3 N–H and O–H groups in total. The van der Waals surface area contributed by atoms with Crippen LogP contribution in [0.2, 0.25) is 0 Å². The van der Waals surface area contributed by atoms with E-state index in [1.165, 1.54) is 5.56 Å². The topological polar surface area (TPSA) is 97.8 Å². The molecule has 0 bridgehead atoms. The molecule has 0 amide bonds. The zero-order valence-corrected chi connectivity index (χ0v) is 14.4. The van der Waals surface area contributed by atoms with Gasteiger partial charge in [0.1, 0.15) is 5.82 Å². The number of nitrogen functional groups attached to an aromatic ring is 1. The van der Waals surface area contributed by atoms with Gasteiger partial charge in [0.05, 0.1) is 11.6 Å². The molecule has 1 aliphatic heterocycles. The monoisotopic (exact) mass is 338 g/mol. The summed E-state index contributed by atoms with van der Waals surface area (Å²) in [7, 11) is 4.01. The van der Waals surface area contributed by atoms with Crippen LogP contribution in [0.15, 0.2) is 30.7 Å². The van der Waals surface area contributed by atoms with Crippen molar-refractivity contribution in [1.82, 2.24) is 29.6 Å². The number of hydrogen-bond acceptors (Lipinski definition) is 7. The molecule has 3 aromatic heterocycles. The zero-order valence-electron chi connectivity index (χ0n) is 14.4. The minimum Gasteiger partial charge on any atom is -0.383 e. The molecule has 4 heterocycles. The van der Waals surface area contributed by atoms with Crippen molar-refractivity contribution in [2.24, 2.45) is 13.0 Å². The average molecular weight is 338 g/mol. The van der Waals surface area contributed by atoms with E-state index < -0.39 is 0 Å². The van der Waals surface area contributed by atoms with Crippen LogP contribution in [0.3, 0.4) is 0 Å². The van der Waals surface area contributed by atoms with Crippen LogP contribution < -0.4 is 11.1 Å². The largest absolute Gasteiger partial charge is 0.383 e. The molecule has 0 aliphatic carbocycles. The van der Waals surface area contributed by atoms with Crippen LogP contribution in [0.25, 0.3) is 11.0 Å². The van der Waals surface area contributed by atoms with Gasteiger partial charge in [0.25, 0.3) is 0 Å². The van der Waals surface area contributed by atoms with Crippen molar-refractivity contribution >= 4 is 22.8 Å². The fourth-order valence-electron chi connectivity index (χ4n) is 3.66. The minimum atomic E-state index is 0.346. The van der Waals surface area contributed by atoms with Gasteiger partial charge < -0.3 is 11.1 Å². The van der Waals surface area contributed by atoms with E-state index in [0.29, 0.717) is 23.7 Å². The lowest BCUT2D eigenvalue weighted by Crippen LogP contribution is -2.25. The maximum Gasteiger partial charge on any atom is 0.226 e. The molecule has 8 heteroatoms. The zero-order chi connectivity index (χ0) is 17.4. The van der Waals surface area contributed by atoms with Crippen LogP contribution in [-0.2, 0) is 7.05 Å². The number of hydrogen-bond donors (Lipinski definition) is 2. The van der Waals surface area contributed by atoms with Crippen molar-refractivity contribution in [1.29, 1.82) is 0 Å². The highest BCUT2D eigenvalue weighted by molar-refractivity contribution is 5.86. The second-order valence-electron chi connectivity index (χ2n) is 6.58. The Kier molecular flexibility index (Phi) is 3.96. The number of nitrogens with one attached hydrogen (secondary N) is 1. The van der Waals surface area contributed by atoms with E-state index in [-0.39, 0.29) is 0 Å². The van der Waals surface area contributed by atoms with Gasteiger partial charge in [-0.15, -0.1) is 0 Å². The van der Waals surface area contributed by atoms with E-state index in [1.807, 2.05) is 25.5 Å². The number of pyridine rings is 1. The molecule has 0 saturated carbocycles. The maximum atomic E-state index is 6.03. The average Bonchev–Trinajstić information content (AvgIpc) is 3.17. The van der Waals surface area contributed by atoms with Gasteiger partial charge >= 0.3 is 0 Å². The first-order chi connectivity index (χ1) is 12.1. The summed E-state index contributed by atoms with van der Waals surface area (Å²) < 4.78 is 1.71. The number of likely N-dealkylation sites (tertiary alicyclic amines) is 1. The van der Waals surface area contributed by atoms with Gasteiger partial charge in [0.2, 0.25) is 5.95 Å². The molecule has 3 aromatic rings. The molecule has 1 saturated heterocycles. The first-order valence-electron chi connectivity index (χ1n) is 8.42. The first-order valence-corrected chi connectivity index (χ1v) is 8.42. The molecule has 4 rings (SSSR count). The first kappa shape index (κ1) is 15.8. The number of nitrogens with zero attached hydrogens (tertiary/aromatic N) is 6. The lowest BCUT2D eigenvalue weighted by molar-refractivity contribution is 0.281. The highest BCUT2D eigenvalue weighted by Gasteiger charge is 2.33. The highest BCUT2D eigenvalue weighted by atomic mass is 15.3. The summed E-state index contributed by atoms with van der Waals surface area (Å²) in [4.78, 5) is 15.6. The Labute approximate surface area is 146 Å². The number of nitrogens with two attached hydrogens (primary N) is 1. The van der Waals surface area contributed by atoms with Crippen molar-refractivity contribution in [3.8, 4) is 0 Å². The van der Waals surface area contributed by atoms with Crippen LogP contribution in [0, 0.1) is 5.92 Å². The predicted octanol–water partition coefficient (Wildman–Crippen LogP) is 1.45.